The van der Waals surface area contributed by atoms with Gasteiger partial charge in [-0.05, 0) is 25.0 Å². The Morgan fingerprint density at radius 1 is 1.03 bits per heavy atom. The molecule has 2 aromatic rings. The number of hydrogen-bond acceptors (Lipinski definition) is 6. The van der Waals surface area contributed by atoms with E-state index in [1.165, 1.54) is 23.7 Å². The van der Waals surface area contributed by atoms with Gasteiger partial charge in [-0.25, -0.2) is 4.79 Å². The lowest BCUT2D eigenvalue weighted by Crippen LogP contribution is -2.41. The van der Waals surface area contributed by atoms with Crippen molar-refractivity contribution >= 4 is 17.4 Å². The molecule has 0 saturated carbocycles. The first-order chi connectivity index (χ1) is 14.9. The van der Waals surface area contributed by atoms with Gasteiger partial charge in [0.25, 0.3) is 11.5 Å². The van der Waals surface area contributed by atoms with Gasteiger partial charge < -0.3 is 20.1 Å². The molecule has 0 bridgehead atoms. The summed E-state index contributed by atoms with van der Waals surface area (Å²) in [7, 11) is 2.99. The van der Waals surface area contributed by atoms with Gasteiger partial charge in [0.05, 0.1) is 14.2 Å². The first-order valence-electron chi connectivity index (χ1n) is 10.5. The van der Waals surface area contributed by atoms with Crippen LogP contribution in [0, 0.1) is 0 Å². The molecule has 0 aliphatic rings. The molecule has 0 radical (unpaired) electrons. The van der Waals surface area contributed by atoms with Gasteiger partial charge in [0.1, 0.15) is 17.3 Å². The van der Waals surface area contributed by atoms with E-state index < -0.39 is 17.2 Å². The Morgan fingerprint density at radius 2 is 1.65 bits per heavy atom. The van der Waals surface area contributed by atoms with Gasteiger partial charge in [0, 0.05) is 24.7 Å². The number of nitrogen functional groups attached to an aromatic ring is 1. The van der Waals surface area contributed by atoms with E-state index in [-0.39, 0.29) is 23.6 Å². The fourth-order valence-corrected chi connectivity index (χ4v) is 3.30. The normalized spacial score (nSPS) is 10.7. The summed E-state index contributed by atoms with van der Waals surface area (Å²) >= 11 is 0. The molecule has 3 N–H and O–H groups in total. The minimum Gasteiger partial charge on any atom is -0.497 e. The van der Waals surface area contributed by atoms with E-state index in [9.17, 15) is 14.4 Å². The highest BCUT2D eigenvalue weighted by Gasteiger charge is 2.25. The van der Waals surface area contributed by atoms with Crippen LogP contribution in [0.15, 0.2) is 27.8 Å². The van der Waals surface area contributed by atoms with E-state index in [1.54, 1.807) is 18.2 Å². The lowest BCUT2D eigenvalue weighted by molar-refractivity contribution is 0.0985. The number of anilines is 2. The quantitative estimate of drug-likeness (QED) is 0.527. The molecule has 31 heavy (non-hydrogen) atoms. The zero-order valence-corrected chi connectivity index (χ0v) is 18.7. The van der Waals surface area contributed by atoms with Crippen molar-refractivity contribution < 1.29 is 14.3 Å². The van der Waals surface area contributed by atoms with Gasteiger partial charge in [-0.15, -0.1) is 0 Å². The SMILES string of the molecule is CCCCCN(C(=O)c1cc(OC)cc(OC)c1)c1c(N)n(CCCC)c(=O)[nH]c1=O. The van der Waals surface area contributed by atoms with Crippen LogP contribution < -0.4 is 31.4 Å². The number of nitrogens with two attached hydrogens (primary N) is 1. The number of nitrogens with one attached hydrogen (secondary N) is 1. The molecule has 0 unspecified atom stereocenters. The molecule has 0 fully saturated rings. The number of methoxy groups -OCH3 is 2. The second-order valence-corrected chi connectivity index (χ2v) is 7.26. The molecule has 1 amide bonds. The van der Waals surface area contributed by atoms with Crippen molar-refractivity contribution in [3.05, 3.63) is 44.6 Å². The summed E-state index contributed by atoms with van der Waals surface area (Å²) in [6.07, 6.45) is 4.06. The van der Waals surface area contributed by atoms with Crippen molar-refractivity contribution in [3.63, 3.8) is 0 Å². The molecule has 0 aliphatic carbocycles. The summed E-state index contributed by atoms with van der Waals surface area (Å²) in [4.78, 5) is 42.2. The van der Waals surface area contributed by atoms with E-state index >= 15 is 0 Å². The van der Waals surface area contributed by atoms with Crippen LogP contribution >= 0.6 is 0 Å². The lowest BCUT2D eigenvalue weighted by atomic mass is 10.1. The molecule has 9 heteroatoms. The second kappa shape index (κ2) is 11.2. The van der Waals surface area contributed by atoms with Gasteiger partial charge in [-0.1, -0.05) is 33.1 Å². The Balaban J connectivity index is 2.61. The molecule has 1 aromatic heterocycles. The van der Waals surface area contributed by atoms with Gasteiger partial charge in [-0.3, -0.25) is 19.1 Å². The molecule has 0 aliphatic heterocycles. The van der Waals surface area contributed by atoms with E-state index in [1.807, 2.05) is 13.8 Å². The van der Waals surface area contributed by atoms with E-state index in [4.69, 9.17) is 15.2 Å². The number of ether oxygens (including phenoxy) is 2. The van der Waals surface area contributed by atoms with Crippen LogP contribution in [0.25, 0.3) is 0 Å². The van der Waals surface area contributed by atoms with E-state index in [0.717, 1.165) is 19.3 Å². The van der Waals surface area contributed by atoms with Gasteiger partial charge >= 0.3 is 5.69 Å². The maximum Gasteiger partial charge on any atom is 0.330 e. The number of amides is 1. The zero-order valence-electron chi connectivity index (χ0n) is 18.7. The van der Waals surface area contributed by atoms with Crippen LogP contribution in [-0.2, 0) is 6.54 Å². The number of nitrogens with zero attached hydrogens (tertiary/aromatic N) is 2. The summed E-state index contributed by atoms with van der Waals surface area (Å²) in [5.74, 6) is 0.463. The average molecular weight is 433 g/mol. The van der Waals surface area contributed by atoms with Gasteiger partial charge in [0.2, 0.25) is 0 Å². The van der Waals surface area contributed by atoms with Crippen LogP contribution in [0.1, 0.15) is 56.3 Å². The van der Waals surface area contributed by atoms with E-state index in [2.05, 4.69) is 4.98 Å². The number of carbonyl (C=O) groups excluding carboxylic acids is 1. The third-order valence-corrected chi connectivity index (χ3v) is 5.05. The summed E-state index contributed by atoms with van der Waals surface area (Å²) in [6, 6.07) is 4.81. The summed E-state index contributed by atoms with van der Waals surface area (Å²) in [5.41, 5.74) is 5.27. The number of rotatable bonds is 11. The molecular weight excluding hydrogens is 400 g/mol. The number of hydrogen-bond donors (Lipinski definition) is 2. The van der Waals surface area contributed by atoms with Crippen molar-refractivity contribution in [2.24, 2.45) is 0 Å². The highest BCUT2D eigenvalue weighted by atomic mass is 16.5. The fourth-order valence-electron chi connectivity index (χ4n) is 3.30. The number of carbonyl (C=O) groups is 1. The molecule has 0 spiro atoms. The van der Waals surface area contributed by atoms with Crippen molar-refractivity contribution in [2.75, 3.05) is 31.4 Å². The third-order valence-electron chi connectivity index (χ3n) is 5.05. The summed E-state index contributed by atoms with van der Waals surface area (Å²) in [6.45, 7) is 4.68. The summed E-state index contributed by atoms with van der Waals surface area (Å²) < 4.78 is 11.9. The Morgan fingerprint density at radius 3 is 2.19 bits per heavy atom. The minimum absolute atomic E-state index is 0.0121. The molecule has 0 atom stereocenters. The Labute approximate surface area is 181 Å². The van der Waals surface area contributed by atoms with Gasteiger partial charge in [0.15, 0.2) is 5.69 Å². The standard InChI is InChI=1S/C22H32N4O5/c1-5-7-9-11-25(21(28)15-12-16(30-3)14-17(13-15)31-4)18-19(23)26(10-8-6-2)22(29)24-20(18)27/h12-14H,5-11,23H2,1-4H3,(H,24,27,29). The van der Waals surface area contributed by atoms with Crippen molar-refractivity contribution in [1.29, 1.82) is 0 Å². The Kier molecular flexibility index (Phi) is 8.72. The van der Waals surface area contributed by atoms with Gasteiger partial charge in [-0.2, -0.15) is 0 Å². The van der Waals surface area contributed by atoms with Crippen molar-refractivity contribution in [2.45, 2.75) is 52.5 Å². The zero-order chi connectivity index (χ0) is 23.0. The summed E-state index contributed by atoms with van der Waals surface area (Å²) in [5, 5.41) is 0. The minimum atomic E-state index is -0.685. The van der Waals surface area contributed by atoms with Crippen LogP contribution in [0.3, 0.4) is 0 Å². The lowest BCUT2D eigenvalue weighted by Gasteiger charge is -2.25. The number of aromatic nitrogens is 2. The van der Waals surface area contributed by atoms with Crippen LogP contribution in [0.4, 0.5) is 11.5 Å². The van der Waals surface area contributed by atoms with E-state index in [0.29, 0.717) is 30.9 Å². The Hall–Kier alpha value is -3.23. The smallest absolute Gasteiger partial charge is 0.330 e. The predicted molar refractivity (Wildman–Crippen MR) is 121 cm³/mol. The van der Waals surface area contributed by atoms with Crippen molar-refractivity contribution in [3.8, 4) is 11.5 Å². The topological polar surface area (TPSA) is 120 Å². The third kappa shape index (κ3) is 5.68. The highest BCUT2D eigenvalue weighted by molar-refractivity contribution is 6.07. The van der Waals surface area contributed by atoms with Crippen LogP contribution in [0.2, 0.25) is 0 Å². The second-order valence-electron chi connectivity index (χ2n) is 7.26. The highest BCUT2D eigenvalue weighted by Crippen LogP contribution is 2.26. The monoisotopic (exact) mass is 432 g/mol. The fraction of sp³-hybridized carbons (Fsp3) is 0.500. The Bertz CT molecular complexity index is 990. The first-order valence-corrected chi connectivity index (χ1v) is 10.5. The maximum absolute atomic E-state index is 13.5. The molecule has 1 aromatic carbocycles. The molecule has 9 nitrogen and oxygen atoms in total. The molecule has 0 saturated heterocycles. The number of unbranched alkanes of at least 4 members (excludes halogenated alkanes) is 3. The first kappa shape index (κ1) is 24.0. The predicted octanol–water partition coefficient (Wildman–Crippen LogP) is 2.77. The largest absolute Gasteiger partial charge is 0.497 e. The van der Waals surface area contributed by atoms with Crippen LogP contribution in [0.5, 0.6) is 11.5 Å². The molecule has 2 rings (SSSR count). The van der Waals surface area contributed by atoms with Crippen LogP contribution in [-0.4, -0.2) is 36.2 Å². The molecule has 170 valence electrons. The maximum atomic E-state index is 13.5. The molecular formula is C22H32N4O5. The number of H-pyrrole nitrogens is 1. The molecule has 1 heterocycles. The average Bonchev–Trinajstić information content (AvgIpc) is 2.76. The number of aromatic amines is 1. The number of benzene rings is 1. The van der Waals surface area contributed by atoms with Crippen molar-refractivity contribution in [1.82, 2.24) is 9.55 Å².